The van der Waals surface area contributed by atoms with Crippen LogP contribution in [0, 0.1) is 6.92 Å². The van der Waals surface area contributed by atoms with Gasteiger partial charge in [-0.05, 0) is 60.9 Å². The van der Waals surface area contributed by atoms with E-state index in [1.54, 1.807) is 26.4 Å². The molecule has 272 valence electrons. The molecule has 1 N–H and O–H groups in total. The summed E-state index contributed by atoms with van der Waals surface area (Å²) in [7, 11) is -0.668. The number of hydrogen-bond acceptors (Lipinski definition) is 11. The Morgan fingerprint density at radius 3 is 2.38 bits per heavy atom. The first kappa shape index (κ1) is 36.6. The minimum Gasteiger partial charge on any atom is -0.497 e. The molecule has 6 rings (SSSR count). The predicted molar refractivity (Wildman–Crippen MR) is 192 cm³/mol. The zero-order valence-corrected chi connectivity index (χ0v) is 30.2. The second-order valence-electron chi connectivity index (χ2n) is 13.1. The molecule has 3 aromatic carbocycles. The molecule has 50 heavy (non-hydrogen) atoms. The Morgan fingerprint density at radius 2 is 1.64 bits per heavy atom. The highest BCUT2D eigenvalue weighted by molar-refractivity contribution is 7.91. The van der Waals surface area contributed by atoms with Gasteiger partial charge in [0.2, 0.25) is 9.84 Å². The van der Waals surface area contributed by atoms with Crippen molar-refractivity contribution in [3.8, 4) is 11.5 Å². The topological polar surface area (TPSA) is 108 Å². The third-order valence-corrected chi connectivity index (χ3v) is 11.6. The van der Waals surface area contributed by atoms with Gasteiger partial charge in [-0.15, -0.1) is 0 Å². The fraction of sp³-hybridized carbons (Fsp3) is 0.526. The maximum absolute atomic E-state index is 14.7. The van der Waals surface area contributed by atoms with Gasteiger partial charge < -0.3 is 38.6 Å². The van der Waals surface area contributed by atoms with Crippen molar-refractivity contribution in [3.63, 3.8) is 0 Å². The lowest BCUT2D eigenvalue weighted by Gasteiger charge is -2.40. The van der Waals surface area contributed by atoms with E-state index in [1.165, 1.54) is 0 Å². The highest BCUT2D eigenvalue weighted by Gasteiger charge is 2.41. The number of nitrogens with one attached hydrogen (secondary N) is 1. The lowest BCUT2D eigenvalue weighted by atomic mass is 9.85. The van der Waals surface area contributed by atoms with Crippen molar-refractivity contribution < 1.29 is 36.8 Å². The third kappa shape index (κ3) is 8.79. The van der Waals surface area contributed by atoms with Gasteiger partial charge >= 0.3 is 0 Å². The summed E-state index contributed by atoms with van der Waals surface area (Å²) in [6.07, 6.45) is 0.0614. The molecule has 2 saturated heterocycles. The Morgan fingerprint density at radius 1 is 0.880 bits per heavy atom. The number of ether oxygens (including phenoxy) is 6. The van der Waals surface area contributed by atoms with Gasteiger partial charge in [-0.25, -0.2) is 8.42 Å². The molecule has 3 aromatic rings. The molecule has 0 aliphatic carbocycles. The normalized spacial score (nSPS) is 22.1. The smallest absolute Gasteiger partial charge is 0.209 e. The third-order valence-electron chi connectivity index (χ3n) is 9.76. The van der Waals surface area contributed by atoms with E-state index < -0.39 is 21.4 Å². The van der Waals surface area contributed by atoms with Gasteiger partial charge in [0.05, 0.1) is 56.3 Å². The first-order valence-electron chi connectivity index (χ1n) is 17.6. The lowest BCUT2D eigenvalue weighted by Crippen LogP contribution is -2.52. The molecule has 3 aliphatic heterocycles. The fourth-order valence-corrected chi connectivity index (χ4v) is 8.54. The van der Waals surface area contributed by atoms with E-state index in [1.807, 2.05) is 61.5 Å². The van der Waals surface area contributed by atoms with Crippen molar-refractivity contribution in [1.82, 2.24) is 10.2 Å². The number of sulfone groups is 1. The van der Waals surface area contributed by atoms with E-state index in [0.29, 0.717) is 45.0 Å². The largest absolute Gasteiger partial charge is 0.497 e. The quantitative estimate of drug-likeness (QED) is 0.230. The van der Waals surface area contributed by atoms with Crippen LogP contribution in [0.25, 0.3) is 0 Å². The van der Waals surface area contributed by atoms with Crippen molar-refractivity contribution in [2.24, 2.45) is 0 Å². The molecule has 0 aromatic heterocycles. The van der Waals surface area contributed by atoms with Crippen molar-refractivity contribution in [2.75, 3.05) is 98.0 Å². The summed E-state index contributed by atoms with van der Waals surface area (Å²) < 4.78 is 65.2. The van der Waals surface area contributed by atoms with Crippen molar-refractivity contribution >= 4 is 15.5 Å². The van der Waals surface area contributed by atoms with Crippen LogP contribution >= 0.6 is 0 Å². The zero-order chi connectivity index (χ0) is 34.9. The second-order valence-corrected chi connectivity index (χ2v) is 15.1. The molecule has 0 amide bonds. The summed E-state index contributed by atoms with van der Waals surface area (Å²) in [5.41, 5.74) is 2.11. The van der Waals surface area contributed by atoms with Crippen molar-refractivity contribution in [3.05, 3.63) is 83.4 Å². The Hall–Kier alpha value is -3.23. The molecule has 3 aliphatic rings. The van der Waals surface area contributed by atoms with Crippen LogP contribution in [0.3, 0.4) is 0 Å². The number of aryl methyl sites for hydroxylation is 1. The number of benzene rings is 3. The van der Waals surface area contributed by atoms with E-state index >= 15 is 0 Å². The van der Waals surface area contributed by atoms with Crippen molar-refractivity contribution in [2.45, 2.75) is 41.8 Å². The number of hydrogen-bond donors (Lipinski definition) is 1. The number of methoxy groups -OCH3 is 2. The van der Waals surface area contributed by atoms with Gasteiger partial charge in [0.1, 0.15) is 18.1 Å². The fourth-order valence-electron chi connectivity index (χ4n) is 6.98. The molecule has 2 fully saturated rings. The van der Waals surface area contributed by atoms with E-state index in [0.717, 1.165) is 74.1 Å². The molecule has 11 nitrogen and oxygen atoms in total. The molecule has 0 spiro atoms. The summed E-state index contributed by atoms with van der Waals surface area (Å²) in [5, 5.41) is 3.49. The molecule has 0 saturated carbocycles. The van der Waals surface area contributed by atoms with Crippen molar-refractivity contribution in [1.29, 1.82) is 0 Å². The van der Waals surface area contributed by atoms with E-state index in [-0.39, 0.29) is 16.9 Å². The molecule has 1 unspecified atom stereocenters. The van der Waals surface area contributed by atoms with Gasteiger partial charge in [0.15, 0.2) is 5.44 Å². The summed E-state index contributed by atoms with van der Waals surface area (Å²) in [5.74, 6) is 1.23. The highest BCUT2D eigenvalue weighted by atomic mass is 32.2. The maximum Gasteiger partial charge on any atom is 0.209 e. The molecule has 0 radical (unpaired) electrons. The van der Waals surface area contributed by atoms with Gasteiger partial charge in [-0.3, -0.25) is 4.90 Å². The van der Waals surface area contributed by atoms with Crippen LogP contribution in [0.15, 0.2) is 71.6 Å². The molecule has 4 atom stereocenters. The van der Waals surface area contributed by atoms with Crippen LogP contribution in [0.5, 0.6) is 11.5 Å². The van der Waals surface area contributed by atoms with Crippen LogP contribution in [0.4, 0.5) is 5.69 Å². The summed E-state index contributed by atoms with van der Waals surface area (Å²) in [6, 6.07) is 20.5. The van der Waals surface area contributed by atoms with Crippen LogP contribution in [0.2, 0.25) is 0 Å². The first-order chi connectivity index (χ1) is 24.4. The second kappa shape index (κ2) is 17.3. The van der Waals surface area contributed by atoms with Gasteiger partial charge in [-0.1, -0.05) is 35.9 Å². The van der Waals surface area contributed by atoms with Crippen LogP contribution in [-0.2, 0) is 28.8 Å². The standard InChI is InChI=1S/C38H51N3O8S/c1-28-5-12-32(13-6-28)50(42,43)38(30-9-14-34-33(25-30)41(19-24-47-34)15-4-20-44-2)49-36-27-39-26-35(48-23-18-40-16-21-46-22-17-40)37(36)29-7-10-31(45-3)11-8-29/h5-14,25,35-39H,4,15-24,26-27H2,1-3H3/t35-,36+,37-,38?/m1/s1. The maximum atomic E-state index is 14.7. The van der Waals surface area contributed by atoms with Gasteiger partial charge in [0, 0.05) is 58.9 Å². The SMILES string of the molecule is COCCCN1CCOc2ccc(C(O[C@H]3CNC[C@@H](OCCN4CCOCC4)[C@H]3c3ccc(OC)cc3)S(=O)(=O)c3ccc(C)cc3)cc21. The van der Waals surface area contributed by atoms with Crippen LogP contribution < -0.4 is 19.7 Å². The molecule has 3 heterocycles. The van der Waals surface area contributed by atoms with E-state index in [2.05, 4.69) is 15.1 Å². The molecule has 12 heteroatoms. The summed E-state index contributed by atoms with van der Waals surface area (Å²) in [6.45, 7) is 10.2. The van der Waals surface area contributed by atoms with E-state index in [4.69, 9.17) is 28.4 Å². The average Bonchev–Trinajstić information content (AvgIpc) is 3.14. The summed E-state index contributed by atoms with van der Waals surface area (Å²) >= 11 is 0. The number of fused-ring (bicyclic) bond motifs is 1. The Kier molecular flexibility index (Phi) is 12.7. The summed E-state index contributed by atoms with van der Waals surface area (Å²) in [4.78, 5) is 4.79. The monoisotopic (exact) mass is 709 g/mol. The van der Waals surface area contributed by atoms with Gasteiger partial charge in [-0.2, -0.15) is 0 Å². The number of piperidine rings is 1. The van der Waals surface area contributed by atoms with Crippen LogP contribution in [-0.4, -0.2) is 119 Å². The highest BCUT2D eigenvalue weighted by Crippen LogP contribution is 2.41. The number of anilines is 1. The molecule has 0 bridgehead atoms. The number of nitrogens with zero attached hydrogens (tertiary/aromatic N) is 2. The Bertz CT molecular complexity index is 1620. The number of morpholine rings is 1. The lowest BCUT2D eigenvalue weighted by molar-refractivity contribution is -0.0698. The Balaban J connectivity index is 1.34. The van der Waals surface area contributed by atoms with Crippen LogP contribution in [0.1, 0.15) is 34.5 Å². The number of rotatable bonds is 15. The average molecular weight is 710 g/mol. The first-order valence-corrected chi connectivity index (χ1v) is 19.1. The predicted octanol–water partition coefficient (Wildman–Crippen LogP) is 4.20. The minimum absolute atomic E-state index is 0.210. The molecular weight excluding hydrogens is 658 g/mol. The van der Waals surface area contributed by atoms with Gasteiger partial charge in [0.25, 0.3) is 0 Å². The Labute approximate surface area is 296 Å². The minimum atomic E-state index is -4.01. The molecular formula is C38H51N3O8S. The van der Waals surface area contributed by atoms with E-state index in [9.17, 15) is 8.42 Å². The zero-order valence-electron chi connectivity index (χ0n) is 29.4.